The van der Waals surface area contributed by atoms with Crippen LogP contribution in [0, 0.1) is 0 Å². The number of carbonyl (C=O) groups is 1. The Morgan fingerprint density at radius 3 is 2.74 bits per heavy atom. The van der Waals surface area contributed by atoms with E-state index >= 15 is 0 Å². The van der Waals surface area contributed by atoms with Gasteiger partial charge in [-0.25, -0.2) is 0 Å². The summed E-state index contributed by atoms with van der Waals surface area (Å²) in [7, 11) is 1.51. The van der Waals surface area contributed by atoms with E-state index in [1.807, 2.05) is 0 Å². The maximum absolute atomic E-state index is 11.9. The second-order valence-electron chi connectivity index (χ2n) is 3.84. The fraction of sp³-hybridized carbons (Fsp3) is 0.0769. The number of rotatable bonds is 3. The highest BCUT2D eigenvalue weighted by Crippen LogP contribution is 2.24. The number of nitrogens with one attached hydrogen (secondary N) is 2. The van der Waals surface area contributed by atoms with Crippen LogP contribution in [0.3, 0.4) is 0 Å². The Morgan fingerprint density at radius 2 is 2.11 bits per heavy atom. The standard InChI is InChI=1S/C13H13N3O3/c1-19-11-6-5-8(7-9(11)14)15-13(18)10-3-2-4-12(17)16-10/h2-7H,14H2,1H3,(H,15,18)(H,16,17). The van der Waals surface area contributed by atoms with Gasteiger partial charge in [0.25, 0.3) is 5.91 Å². The van der Waals surface area contributed by atoms with Crippen LogP contribution < -0.4 is 21.3 Å². The Labute approximate surface area is 109 Å². The number of H-pyrrole nitrogens is 1. The SMILES string of the molecule is COc1ccc(NC(=O)c2cccc(=O)[nH]2)cc1N. The van der Waals surface area contributed by atoms with Gasteiger partial charge in [0.05, 0.1) is 12.8 Å². The highest BCUT2D eigenvalue weighted by atomic mass is 16.5. The first kappa shape index (κ1) is 12.7. The molecule has 19 heavy (non-hydrogen) atoms. The van der Waals surface area contributed by atoms with Crippen LogP contribution >= 0.6 is 0 Å². The molecule has 0 atom stereocenters. The molecule has 0 saturated carbocycles. The van der Waals surface area contributed by atoms with Crippen LogP contribution in [-0.2, 0) is 0 Å². The largest absolute Gasteiger partial charge is 0.495 e. The summed E-state index contributed by atoms with van der Waals surface area (Å²) >= 11 is 0. The molecule has 0 bridgehead atoms. The Bertz CT molecular complexity index is 664. The van der Waals surface area contributed by atoms with Gasteiger partial charge in [-0.3, -0.25) is 9.59 Å². The Balaban J connectivity index is 2.19. The van der Waals surface area contributed by atoms with Gasteiger partial charge in [0.1, 0.15) is 11.4 Å². The highest BCUT2D eigenvalue weighted by Gasteiger charge is 2.08. The van der Waals surface area contributed by atoms with Crippen LogP contribution in [0.25, 0.3) is 0 Å². The van der Waals surface area contributed by atoms with E-state index in [2.05, 4.69) is 10.3 Å². The molecule has 0 saturated heterocycles. The van der Waals surface area contributed by atoms with Crippen molar-refractivity contribution in [2.75, 3.05) is 18.2 Å². The lowest BCUT2D eigenvalue weighted by atomic mass is 10.2. The van der Waals surface area contributed by atoms with Crippen LogP contribution in [0.15, 0.2) is 41.2 Å². The van der Waals surface area contributed by atoms with E-state index in [0.29, 0.717) is 17.1 Å². The Kier molecular flexibility index (Phi) is 3.51. The maximum atomic E-state index is 11.9. The van der Waals surface area contributed by atoms with E-state index in [1.165, 1.54) is 25.3 Å². The highest BCUT2D eigenvalue weighted by molar-refractivity contribution is 6.03. The smallest absolute Gasteiger partial charge is 0.272 e. The van der Waals surface area contributed by atoms with Gasteiger partial charge in [-0.1, -0.05) is 6.07 Å². The third-order valence-electron chi connectivity index (χ3n) is 2.50. The number of amides is 1. The number of pyridine rings is 1. The van der Waals surface area contributed by atoms with Crippen molar-refractivity contribution >= 4 is 17.3 Å². The average Bonchev–Trinajstić information content (AvgIpc) is 2.39. The summed E-state index contributed by atoms with van der Waals surface area (Å²) in [6.45, 7) is 0. The van der Waals surface area contributed by atoms with Crippen LogP contribution in [0.4, 0.5) is 11.4 Å². The molecule has 6 heteroatoms. The molecule has 6 nitrogen and oxygen atoms in total. The normalized spacial score (nSPS) is 9.95. The van der Waals surface area contributed by atoms with Gasteiger partial charge in [0.15, 0.2) is 0 Å². The molecule has 2 aromatic rings. The Hall–Kier alpha value is -2.76. The van der Waals surface area contributed by atoms with Gasteiger partial charge in [-0.15, -0.1) is 0 Å². The number of nitrogens with two attached hydrogens (primary N) is 1. The third kappa shape index (κ3) is 2.92. The van der Waals surface area contributed by atoms with Gasteiger partial charge in [-0.05, 0) is 24.3 Å². The van der Waals surface area contributed by atoms with Crippen molar-refractivity contribution in [3.05, 3.63) is 52.4 Å². The molecule has 1 heterocycles. The molecule has 0 unspecified atom stereocenters. The Morgan fingerprint density at radius 1 is 1.32 bits per heavy atom. The van der Waals surface area contributed by atoms with Crippen molar-refractivity contribution < 1.29 is 9.53 Å². The number of methoxy groups -OCH3 is 1. The predicted octanol–water partition coefficient (Wildman–Crippen LogP) is 1.22. The summed E-state index contributed by atoms with van der Waals surface area (Å²) in [5.74, 6) is 0.119. The number of anilines is 2. The van der Waals surface area contributed by atoms with Crippen LogP contribution in [0.1, 0.15) is 10.5 Å². The van der Waals surface area contributed by atoms with Crippen molar-refractivity contribution in [3.63, 3.8) is 0 Å². The van der Waals surface area contributed by atoms with Crippen molar-refractivity contribution in [1.29, 1.82) is 0 Å². The number of hydrogen-bond acceptors (Lipinski definition) is 4. The average molecular weight is 259 g/mol. The second kappa shape index (κ2) is 5.26. The number of benzene rings is 1. The fourth-order valence-electron chi connectivity index (χ4n) is 1.59. The van der Waals surface area contributed by atoms with Crippen molar-refractivity contribution in [1.82, 2.24) is 4.98 Å². The predicted molar refractivity (Wildman–Crippen MR) is 72.4 cm³/mol. The van der Waals surface area contributed by atoms with Crippen LogP contribution in [0.2, 0.25) is 0 Å². The third-order valence-corrected chi connectivity index (χ3v) is 2.50. The summed E-state index contributed by atoms with van der Waals surface area (Å²) in [5, 5.41) is 2.63. The second-order valence-corrected chi connectivity index (χ2v) is 3.84. The lowest BCUT2D eigenvalue weighted by Crippen LogP contribution is -2.17. The molecule has 0 aliphatic heterocycles. The van der Waals surface area contributed by atoms with E-state index in [9.17, 15) is 9.59 Å². The number of aromatic nitrogens is 1. The maximum Gasteiger partial charge on any atom is 0.272 e. The van der Waals surface area contributed by atoms with Gasteiger partial charge in [0, 0.05) is 11.8 Å². The van der Waals surface area contributed by atoms with Crippen molar-refractivity contribution in [2.45, 2.75) is 0 Å². The first-order chi connectivity index (χ1) is 9.10. The van der Waals surface area contributed by atoms with E-state index in [4.69, 9.17) is 10.5 Å². The molecular formula is C13H13N3O3. The molecule has 1 aromatic carbocycles. The fourth-order valence-corrected chi connectivity index (χ4v) is 1.59. The number of nitrogen functional groups attached to an aromatic ring is 1. The number of aromatic amines is 1. The molecule has 1 amide bonds. The van der Waals surface area contributed by atoms with E-state index in [0.717, 1.165) is 0 Å². The van der Waals surface area contributed by atoms with Gasteiger partial charge < -0.3 is 20.8 Å². The summed E-state index contributed by atoms with van der Waals surface area (Å²) < 4.78 is 5.02. The first-order valence-corrected chi connectivity index (χ1v) is 5.54. The minimum Gasteiger partial charge on any atom is -0.495 e. The van der Waals surface area contributed by atoms with Crippen LogP contribution in [0.5, 0.6) is 5.75 Å². The molecule has 0 aliphatic rings. The summed E-state index contributed by atoms with van der Waals surface area (Å²) in [6, 6.07) is 9.26. The van der Waals surface area contributed by atoms with E-state index in [1.54, 1.807) is 18.2 Å². The van der Waals surface area contributed by atoms with Crippen molar-refractivity contribution in [3.8, 4) is 5.75 Å². The quantitative estimate of drug-likeness (QED) is 0.722. The number of hydrogen-bond donors (Lipinski definition) is 3. The van der Waals surface area contributed by atoms with E-state index < -0.39 is 5.91 Å². The summed E-state index contributed by atoms with van der Waals surface area (Å²) in [4.78, 5) is 25.4. The lowest BCUT2D eigenvalue weighted by Gasteiger charge is -2.08. The topological polar surface area (TPSA) is 97.2 Å². The molecule has 0 aliphatic carbocycles. The minimum atomic E-state index is -0.415. The van der Waals surface area contributed by atoms with Crippen molar-refractivity contribution in [2.24, 2.45) is 0 Å². The summed E-state index contributed by atoms with van der Waals surface area (Å²) in [5.41, 5.74) is 6.53. The number of ether oxygens (including phenoxy) is 1. The van der Waals surface area contributed by atoms with Gasteiger partial charge in [-0.2, -0.15) is 0 Å². The summed E-state index contributed by atoms with van der Waals surface area (Å²) in [6.07, 6.45) is 0. The molecule has 4 N–H and O–H groups in total. The first-order valence-electron chi connectivity index (χ1n) is 5.54. The molecule has 98 valence electrons. The minimum absolute atomic E-state index is 0.182. The van der Waals surface area contributed by atoms with Gasteiger partial charge >= 0.3 is 0 Å². The zero-order chi connectivity index (χ0) is 13.8. The van der Waals surface area contributed by atoms with E-state index in [-0.39, 0.29) is 11.3 Å². The zero-order valence-electron chi connectivity index (χ0n) is 10.3. The molecule has 2 rings (SSSR count). The molecule has 0 radical (unpaired) electrons. The van der Waals surface area contributed by atoms with Gasteiger partial charge in [0.2, 0.25) is 5.56 Å². The molecular weight excluding hydrogens is 246 g/mol. The molecule has 0 spiro atoms. The molecule has 0 fully saturated rings. The molecule has 1 aromatic heterocycles. The monoisotopic (exact) mass is 259 g/mol. The lowest BCUT2D eigenvalue weighted by molar-refractivity contribution is 0.102. The van der Waals surface area contributed by atoms with Crippen LogP contribution in [-0.4, -0.2) is 18.0 Å². The zero-order valence-corrected chi connectivity index (χ0v) is 10.3. The number of carbonyl (C=O) groups excluding carboxylic acids is 1.